The number of fused-ring (bicyclic) bond motifs is 1. The van der Waals surface area contributed by atoms with Crippen molar-refractivity contribution in [3.8, 4) is 0 Å². The fourth-order valence-corrected chi connectivity index (χ4v) is 4.46. The van der Waals surface area contributed by atoms with Crippen molar-refractivity contribution in [2.75, 3.05) is 7.11 Å². The SMILES string of the molecule is COC(=O)C[C@H](c1c(Cc2ccccc2)[nH][nH]c1=O)c1c(Cl)nc2sccn12. The summed E-state index contributed by atoms with van der Waals surface area (Å²) < 4.78 is 6.70. The second-order valence-electron chi connectivity index (χ2n) is 6.31. The minimum Gasteiger partial charge on any atom is -0.469 e. The molecule has 1 atom stereocenters. The molecule has 0 bridgehead atoms. The van der Waals surface area contributed by atoms with Gasteiger partial charge in [0.05, 0.1) is 19.2 Å². The van der Waals surface area contributed by atoms with Gasteiger partial charge in [0.25, 0.3) is 5.56 Å². The molecule has 9 heteroatoms. The Morgan fingerprint density at radius 2 is 2.11 bits per heavy atom. The first-order chi connectivity index (χ1) is 13.6. The zero-order valence-corrected chi connectivity index (χ0v) is 16.5. The Kier molecular flexibility index (Phi) is 5.06. The van der Waals surface area contributed by atoms with Gasteiger partial charge in [0.15, 0.2) is 10.1 Å². The van der Waals surface area contributed by atoms with Gasteiger partial charge in [-0.2, -0.15) is 0 Å². The molecular formula is C19H17ClN4O3S. The molecule has 0 aliphatic rings. The first-order valence-corrected chi connectivity index (χ1v) is 9.85. The normalized spacial score (nSPS) is 12.4. The zero-order valence-electron chi connectivity index (χ0n) is 14.9. The maximum absolute atomic E-state index is 12.7. The number of aromatic amines is 2. The average molecular weight is 417 g/mol. The molecule has 0 aliphatic carbocycles. The van der Waals surface area contributed by atoms with Crippen molar-refractivity contribution >= 4 is 33.9 Å². The van der Waals surface area contributed by atoms with Crippen LogP contribution in [0.1, 0.15) is 34.9 Å². The highest BCUT2D eigenvalue weighted by molar-refractivity contribution is 7.15. The van der Waals surface area contributed by atoms with Crippen molar-refractivity contribution in [2.45, 2.75) is 18.8 Å². The van der Waals surface area contributed by atoms with Crippen molar-refractivity contribution in [3.05, 3.63) is 79.9 Å². The number of methoxy groups -OCH3 is 1. The van der Waals surface area contributed by atoms with Gasteiger partial charge in [-0.25, -0.2) is 4.98 Å². The molecule has 0 aliphatic heterocycles. The lowest BCUT2D eigenvalue weighted by Crippen LogP contribution is -2.19. The van der Waals surface area contributed by atoms with Gasteiger partial charge in [0.2, 0.25) is 0 Å². The average Bonchev–Trinajstić information content (AvgIpc) is 3.36. The maximum atomic E-state index is 12.7. The summed E-state index contributed by atoms with van der Waals surface area (Å²) in [6, 6.07) is 9.77. The summed E-state index contributed by atoms with van der Waals surface area (Å²) in [6.45, 7) is 0. The van der Waals surface area contributed by atoms with E-state index in [1.807, 2.05) is 46.3 Å². The van der Waals surface area contributed by atoms with Crippen molar-refractivity contribution < 1.29 is 9.53 Å². The third kappa shape index (κ3) is 3.36. The van der Waals surface area contributed by atoms with Crippen molar-refractivity contribution in [1.29, 1.82) is 0 Å². The van der Waals surface area contributed by atoms with Crippen LogP contribution in [0.4, 0.5) is 0 Å². The molecule has 0 spiro atoms. The van der Waals surface area contributed by atoms with E-state index in [-0.39, 0.29) is 17.1 Å². The molecule has 4 rings (SSSR count). The number of nitrogens with one attached hydrogen (secondary N) is 2. The summed E-state index contributed by atoms with van der Waals surface area (Å²) in [5.41, 5.74) is 2.51. The van der Waals surface area contributed by atoms with Gasteiger partial charge in [-0.1, -0.05) is 41.9 Å². The van der Waals surface area contributed by atoms with Crippen molar-refractivity contribution in [3.63, 3.8) is 0 Å². The molecule has 0 fully saturated rings. The first-order valence-electron chi connectivity index (χ1n) is 8.59. The molecule has 3 heterocycles. The van der Waals surface area contributed by atoms with Crippen LogP contribution in [0.15, 0.2) is 46.7 Å². The lowest BCUT2D eigenvalue weighted by molar-refractivity contribution is -0.140. The number of hydrogen-bond acceptors (Lipinski definition) is 5. The van der Waals surface area contributed by atoms with E-state index >= 15 is 0 Å². The number of imidazole rings is 1. The van der Waals surface area contributed by atoms with Crippen LogP contribution in [-0.2, 0) is 16.0 Å². The summed E-state index contributed by atoms with van der Waals surface area (Å²) in [7, 11) is 1.32. The molecule has 28 heavy (non-hydrogen) atoms. The molecule has 0 saturated carbocycles. The fraction of sp³-hybridized carbons (Fsp3) is 0.211. The molecular weight excluding hydrogens is 400 g/mol. The number of rotatable bonds is 6. The minimum atomic E-state index is -0.599. The minimum absolute atomic E-state index is 0.0252. The molecule has 0 unspecified atom stereocenters. The number of aromatic nitrogens is 4. The highest BCUT2D eigenvalue weighted by Crippen LogP contribution is 2.35. The highest BCUT2D eigenvalue weighted by atomic mass is 35.5. The van der Waals surface area contributed by atoms with Gasteiger partial charge >= 0.3 is 5.97 Å². The Morgan fingerprint density at radius 3 is 2.86 bits per heavy atom. The smallest absolute Gasteiger partial charge is 0.306 e. The van der Waals surface area contributed by atoms with Gasteiger partial charge in [-0.05, 0) is 5.56 Å². The van der Waals surface area contributed by atoms with Gasteiger partial charge in [-0.3, -0.25) is 19.1 Å². The predicted molar refractivity (Wildman–Crippen MR) is 107 cm³/mol. The van der Waals surface area contributed by atoms with Crippen LogP contribution in [0, 0.1) is 0 Å². The zero-order chi connectivity index (χ0) is 19.7. The molecule has 0 saturated heterocycles. The maximum Gasteiger partial charge on any atom is 0.306 e. The van der Waals surface area contributed by atoms with E-state index in [4.69, 9.17) is 16.3 Å². The van der Waals surface area contributed by atoms with Crippen LogP contribution >= 0.6 is 22.9 Å². The Bertz CT molecular complexity index is 1170. The monoisotopic (exact) mass is 416 g/mol. The van der Waals surface area contributed by atoms with Crippen LogP contribution in [0.3, 0.4) is 0 Å². The lowest BCUT2D eigenvalue weighted by atomic mass is 9.91. The van der Waals surface area contributed by atoms with Crippen LogP contribution in [-0.4, -0.2) is 32.7 Å². The summed E-state index contributed by atoms with van der Waals surface area (Å²) >= 11 is 7.84. The van der Waals surface area contributed by atoms with E-state index in [9.17, 15) is 9.59 Å². The molecule has 144 valence electrons. The van der Waals surface area contributed by atoms with Gasteiger partial charge < -0.3 is 9.84 Å². The Labute approximate surface area is 168 Å². The van der Waals surface area contributed by atoms with E-state index in [0.717, 1.165) is 5.56 Å². The van der Waals surface area contributed by atoms with Gasteiger partial charge in [0.1, 0.15) is 0 Å². The van der Waals surface area contributed by atoms with Crippen LogP contribution < -0.4 is 5.56 Å². The largest absolute Gasteiger partial charge is 0.469 e. The molecule has 2 N–H and O–H groups in total. The number of benzene rings is 1. The van der Waals surface area contributed by atoms with Crippen LogP contribution in [0.25, 0.3) is 4.96 Å². The molecule has 7 nitrogen and oxygen atoms in total. The number of carbonyl (C=O) groups excluding carboxylic acids is 1. The summed E-state index contributed by atoms with van der Waals surface area (Å²) in [4.78, 5) is 29.9. The Balaban J connectivity index is 1.85. The number of H-pyrrole nitrogens is 2. The number of ether oxygens (including phenoxy) is 1. The second-order valence-corrected chi connectivity index (χ2v) is 7.54. The van der Waals surface area contributed by atoms with Gasteiger partial charge in [-0.15, -0.1) is 11.3 Å². The Hall–Kier alpha value is -2.84. The third-order valence-corrected chi connectivity index (χ3v) is 5.69. The highest BCUT2D eigenvalue weighted by Gasteiger charge is 2.31. The third-order valence-electron chi connectivity index (χ3n) is 4.65. The van der Waals surface area contributed by atoms with E-state index < -0.39 is 11.9 Å². The van der Waals surface area contributed by atoms with Crippen molar-refractivity contribution in [2.24, 2.45) is 0 Å². The summed E-state index contributed by atoms with van der Waals surface area (Å²) in [6.07, 6.45) is 2.31. The Morgan fingerprint density at radius 1 is 1.32 bits per heavy atom. The number of thiazole rings is 1. The van der Waals surface area contributed by atoms with E-state index in [0.29, 0.717) is 28.3 Å². The number of halogens is 1. The molecule has 4 aromatic rings. The molecule has 3 aromatic heterocycles. The number of carbonyl (C=O) groups is 1. The fourth-order valence-electron chi connectivity index (χ4n) is 3.39. The second kappa shape index (κ2) is 7.65. The number of hydrogen-bond donors (Lipinski definition) is 2. The van der Waals surface area contributed by atoms with Crippen LogP contribution in [0.5, 0.6) is 0 Å². The van der Waals surface area contributed by atoms with Crippen LogP contribution in [0.2, 0.25) is 5.15 Å². The lowest BCUT2D eigenvalue weighted by Gasteiger charge is -2.16. The van der Waals surface area contributed by atoms with E-state index in [2.05, 4.69) is 15.2 Å². The van der Waals surface area contributed by atoms with Crippen molar-refractivity contribution in [1.82, 2.24) is 19.6 Å². The standard InChI is InChI=1S/C19H17ClN4O3S/c1-27-14(25)10-12(16-17(20)21-19-24(16)7-8-28-19)15-13(22-23-18(15)26)9-11-5-3-2-4-6-11/h2-8,12H,9-10H2,1H3,(H2,22,23,26)/t12-/m1/s1. The quantitative estimate of drug-likeness (QED) is 0.471. The number of nitrogens with zero attached hydrogens (tertiary/aromatic N) is 2. The predicted octanol–water partition coefficient (Wildman–Crippen LogP) is 3.35. The summed E-state index contributed by atoms with van der Waals surface area (Å²) in [5.74, 6) is -1.03. The number of esters is 1. The van der Waals surface area contributed by atoms with E-state index in [1.54, 1.807) is 0 Å². The van der Waals surface area contributed by atoms with E-state index in [1.165, 1.54) is 18.4 Å². The molecule has 1 aromatic carbocycles. The first kappa shape index (κ1) is 18.5. The summed E-state index contributed by atoms with van der Waals surface area (Å²) in [5, 5.41) is 7.76. The van der Waals surface area contributed by atoms with Gasteiger partial charge in [0, 0.05) is 35.2 Å². The molecule has 0 radical (unpaired) electrons. The topological polar surface area (TPSA) is 92.2 Å². The molecule has 0 amide bonds.